The molecule has 112 valence electrons. The number of aromatic nitrogens is 1. The van der Waals surface area contributed by atoms with Crippen LogP contribution in [-0.2, 0) is 10.6 Å². The zero-order valence-corrected chi connectivity index (χ0v) is 13.5. The molecule has 0 saturated carbocycles. The second-order valence-electron chi connectivity index (χ2n) is 5.72. The third-order valence-electron chi connectivity index (χ3n) is 3.79. The van der Waals surface area contributed by atoms with Crippen LogP contribution in [-0.4, -0.2) is 30.8 Å². The van der Waals surface area contributed by atoms with Gasteiger partial charge < -0.3 is 9.64 Å². The number of pyridine rings is 1. The van der Waals surface area contributed by atoms with E-state index in [9.17, 15) is 0 Å². The zero-order valence-electron chi connectivity index (χ0n) is 12.7. The average molecular weight is 297 g/mol. The highest BCUT2D eigenvalue weighted by Gasteiger charge is 2.20. The lowest BCUT2D eigenvalue weighted by molar-refractivity contribution is 0.115. The predicted octanol–water partition coefficient (Wildman–Crippen LogP) is 3.95. The van der Waals surface area contributed by atoms with Crippen molar-refractivity contribution in [2.75, 3.05) is 24.6 Å². The summed E-state index contributed by atoms with van der Waals surface area (Å²) in [6, 6.07) is 4.22. The van der Waals surface area contributed by atoms with Crippen molar-refractivity contribution in [3.63, 3.8) is 0 Å². The van der Waals surface area contributed by atoms with Gasteiger partial charge in [0.1, 0.15) is 5.82 Å². The molecule has 0 bridgehead atoms. The SMILES string of the molecule is CCN(CC1CCCO1)c1cc(CCl)cc(C(C)C)n1. The Morgan fingerprint density at radius 3 is 2.80 bits per heavy atom. The van der Waals surface area contributed by atoms with Gasteiger partial charge in [-0.15, -0.1) is 11.6 Å². The first-order valence-electron chi connectivity index (χ1n) is 7.57. The van der Waals surface area contributed by atoms with Crippen LogP contribution in [0, 0.1) is 0 Å². The molecule has 20 heavy (non-hydrogen) atoms. The fraction of sp³-hybridized carbons (Fsp3) is 0.688. The Balaban J connectivity index is 2.20. The van der Waals surface area contributed by atoms with E-state index in [1.807, 2.05) is 0 Å². The summed E-state index contributed by atoms with van der Waals surface area (Å²) in [5.41, 5.74) is 2.26. The molecule has 1 aromatic heterocycles. The molecule has 0 radical (unpaired) electrons. The van der Waals surface area contributed by atoms with E-state index in [4.69, 9.17) is 21.3 Å². The molecule has 1 fully saturated rings. The molecule has 0 amide bonds. The van der Waals surface area contributed by atoms with E-state index in [-0.39, 0.29) is 0 Å². The minimum atomic E-state index is 0.346. The average Bonchev–Trinajstić information content (AvgIpc) is 2.97. The normalized spacial score (nSPS) is 18.8. The highest BCUT2D eigenvalue weighted by atomic mass is 35.5. The number of anilines is 1. The molecule has 1 aliphatic heterocycles. The second kappa shape index (κ2) is 7.28. The van der Waals surface area contributed by atoms with Gasteiger partial charge in [-0.25, -0.2) is 4.98 Å². The molecule has 1 saturated heterocycles. The molecule has 4 heteroatoms. The number of halogens is 1. The summed E-state index contributed by atoms with van der Waals surface area (Å²) >= 11 is 6.02. The lowest BCUT2D eigenvalue weighted by Gasteiger charge is -2.26. The number of nitrogens with zero attached hydrogens (tertiary/aromatic N) is 2. The number of hydrogen-bond acceptors (Lipinski definition) is 3. The summed E-state index contributed by atoms with van der Waals surface area (Å²) < 4.78 is 5.75. The Labute approximate surface area is 127 Å². The molecule has 0 aromatic carbocycles. The Bertz CT molecular complexity index is 430. The first kappa shape index (κ1) is 15.6. The molecule has 1 aliphatic rings. The molecular formula is C16H25ClN2O. The number of alkyl halides is 1. The van der Waals surface area contributed by atoms with Crippen LogP contribution in [0.4, 0.5) is 5.82 Å². The van der Waals surface area contributed by atoms with Gasteiger partial charge in [0, 0.05) is 31.3 Å². The minimum Gasteiger partial charge on any atom is -0.376 e. The van der Waals surface area contributed by atoms with Gasteiger partial charge in [0.15, 0.2) is 0 Å². The number of likely N-dealkylation sites (N-methyl/N-ethyl adjacent to an activating group) is 1. The molecule has 1 aromatic rings. The molecule has 2 rings (SSSR count). The molecule has 1 atom stereocenters. The first-order valence-corrected chi connectivity index (χ1v) is 8.10. The van der Waals surface area contributed by atoms with Crippen molar-refractivity contribution < 1.29 is 4.74 Å². The highest BCUT2D eigenvalue weighted by molar-refractivity contribution is 6.17. The van der Waals surface area contributed by atoms with Gasteiger partial charge in [-0.05, 0) is 43.4 Å². The fourth-order valence-electron chi connectivity index (χ4n) is 2.55. The number of ether oxygens (including phenoxy) is 1. The first-order chi connectivity index (χ1) is 9.63. The van der Waals surface area contributed by atoms with E-state index < -0.39 is 0 Å². The van der Waals surface area contributed by atoms with Crippen LogP contribution in [0.2, 0.25) is 0 Å². The van der Waals surface area contributed by atoms with Crippen LogP contribution in [0.3, 0.4) is 0 Å². The van der Waals surface area contributed by atoms with Crippen LogP contribution >= 0.6 is 11.6 Å². The van der Waals surface area contributed by atoms with Crippen LogP contribution < -0.4 is 4.90 Å². The summed E-state index contributed by atoms with van der Waals surface area (Å²) in [5.74, 6) is 1.98. The van der Waals surface area contributed by atoms with E-state index in [1.54, 1.807) is 0 Å². The molecule has 0 aliphatic carbocycles. The molecule has 3 nitrogen and oxygen atoms in total. The van der Waals surface area contributed by atoms with Crippen molar-refractivity contribution in [1.29, 1.82) is 0 Å². The molecule has 1 unspecified atom stereocenters. The maximum Gasteiger partial charge on any atom is 0.129 e. The van der Waals surface area contributed by atoms with Gasteiger partial charge >= 0.3 is 0 Å². The zero-order chi connectivity index (χ0) is 14.5. The van der Waals surface area contributed by atoms with E-state index in [2.05, 4.69) is 37.8 Å². The van der Waals surface area contributed by atoms with Crippen molar-refractivity contribution in [3.8, 4) is 0 Å². The summed E-state index contributed by atoms with van der Waals surface area (Å²) in [4.78, 5) is 7.11. The lowest BCUT2D eigenvalue weighted by Crippen LogP contribution is -2.33. The Kier molecular flexibility index (Phi) is 5.67. The van der Waals surface area contributed by atoms with E-state index in [1.165, 1.54) is 6.42 Å². The van der Waals surface area contributed by atoms with Crippen LogP contribution in [0.1, 0.15) is 50.8 Å². The van der Waals surface area contributed by atoms with Crippen molar-refractivity contribution >= 4 is 17.4 Å². The standard InChI is InChI=1S/C16H25ClN2O/c1-4-19(11-14-6-5-7-20-14)16-9-13(10-17)8-15(18-16)12(2)3/h8-9,12,14H,4-7,10-11H2,1-3H3. The summed E-state index contributed by atoms with van der Waals surface area (Å²) in [6.07, 6.45) is 2.68. The smallest absolute Gasteiger partial charge is 0.129 e. The van der Waals surface area contributed by atoms with Gasteiger partial charge in [-0.2, -0.15) is 0 Å². The van der Waals surface area contributed by atoms with Crippen LogP contribution in [0.25, 0.3) is 0 Å². The van der Waals surface area contributed by atoms with E-state index in [0.29, 0.717) is 17.9 Å². The number of hydrogen-bond donors (Lipinski definition) is 0. The van der Waals surface area contributed by atoms with Crippen molar-refractivity contribution in [3.05, 3.63) is 23.4 Å². The predicted molar refractivity (Wildman–Crippen MR) is 84.7 cm³/mol. The summed E-state index contributed by atoms with van der Waals surface area (Å²) in [6.45, 7) is 9.26. The number of rotatable bonds is 6. The third-order valence-corrected chi connectivity index (χ3v) is 4.10. The van der Waals surface area contributed by atoms with Gasteiger partial charge in [0.25, 0.3) is 0 Å². The highest BCUT2D eigenvalue weighted by Crippen LogP contribution is 2.23. The quantitative estimate of drug-likeness (QED) is 0.743. The van der Waals surface area contributed by atoms with E-state index >= 15 is 0 Å². The molecule has 0 N–H and O–H groups in total. The second-order valence-corrected chi connectivity index (χ2v) is 5.99. The Morgan fingerprint density at radius 1 is 1.45 bits per heavy atom. The maximum atomic E-state index is 6.02. The van der Waals surface area contributed by atoms with E-state index in [0.717, 1.165) is 43.2 Å². The molecular weight excluding hydrogens is 272 g/mol. The van der Waals surface area contributed by atoms with Gasteiger partial charge in [0.2, 0.25) is 0 Å². The summed E-state index contributed by atoms with van der Waals surface area (Å²) in [5, 5.41) is 0. The third kappa shape index (κ3) is 3.86. The van der Waals surface area contributed by atoms with Crippen molar-refractivity contribution in [2.45, 2.75) is 51.5 Å². The van der Waals surface area contributed by atoms with Crippen LogP contribution in [0.5, 0.6) is 0 Å². The summed E-state index contributed by atoms with van der Waals surface area (Å²) in [7, 11) is 0. The van der Waals surface area contributed by atoms with Gasteiger partial charge in [-0.3, -0.25) is 0 Å². The minimum absolute atomic E-state index is 0.346. The largest absolute Gasteiger partial charge is 0.376 e. The Morgan fingerprint density at radius 2 is 2.25 bits per heavy atom. The maximum absolute atomic E-state index is 6.02. The van der Waals surface area contributed by atoms with Gasteiger partial charge in [-0.1, -0.05) is 13.8 Å². The molecule has 0 spiro atoms. The monoisotopic (exact) mass is 296 g/mol. The Hall–Kier alpha value is -0.800. The van der Waals surface area contributed by atoms with Gasteiger partial charge in [0.05, 0.1) is 6.10 Å². The van der Waals surface area contributed by atoms with Crippen LogP contribution in [0.15, 0.2) is 12.1 Å². The molecule has 2 heterocycles. The lowest BCUT2D eigenvalue weighted by atomic mass is 10.1. The fourth-order valence-corrected chi connectivity index (χ4v) is 2.70. The van der Waals surface area contributed by atoms with Crippen molar-refractivity contribution in [2.24, 2.45) is 0 Å². The van der Waals surface area contributed by atoms with Crippen molar-refractivity contribution in [1.82, 2.24) is 4.98 Å². The topological polar surface area (TPSA) is 25.4 Å².